The van der Waals surface area contributed by atoms with Gasteiger partial charge in [0.25, 0.3) is 5.91 Å². The first kappa shape index (κ1) is 14.1. The molecule has 0 N–H and O–H groups in total. The van der Waals surface area contributed by atoms with E-state index in [9.17, 15) is 4.79 Å². The highest BCUT2D eigenvalue weighted by atomic mass is 16.5. The zero-order valence-electron chi connectivity index (χ0n) is 12.9. The molecule has 0 aliphatic carbocycles. The average Bonchev–Trinajstić information content (AvgIpc) is 3.15. The number of amides is 1. The summed E-state index contributed by atoms with van der Waals surface area (Å²) in [6.45, 7) is 1.89. The topological polar surface area (TPSA) is 47.4 Å². The van der Waals surface area contributed by atoms with Gasteiger partial charge in [-0.3, -0.25) is 4.79 Å². The monoisotopic (exact) mass is 309 g/mol. The Kier molecular flexibility index (Phi) is 3.61. The fraction of sp³-hybridized carbons (Fsp3) is 0.333. The van der Waals surface area contributed by atoms with Crippen molar-refractivity contribution < 1.29 is 9.53 Å². The third kappa shape index (κ3) is 2.74. The summed E-state index contributed by atoms with van der Waals surface area (Å²) in [7, 11) is 0. The highest BCUT2D eigenvalue weighted by Crippen LogP contribution is 2.28. The molecule has 2 aromatic rings. The summed E-state index contributed by atoms with van der Waals surface area (Å²) < 4.78 is 7.81. The lowest BCUT2D eigenvalue weighted by atomic mass is 10.0. The second-order valence-electron chi connectivity index (χ2n) is 6.05. The first-order valence-corrected chi connectivity index (χ1v) is 8.00. The summed E-state index contributed by atoms with van der Waals surface area (Å²) in [5.41, 5.74) is 1.71. The minimum absolute atomic E-state index is 0.0873. The standard InChI is InChI=1S/C18H19N3O2/c22-18(15-10-14-4-1-2-6-17(14)23-12-15)20-8-3-5-16(11-20)21-9-7-19-13-21/h1-2,4,6-7,9-10,13,16H,3,5,8,11-12H2/t16-/m1/s1. The van der Waals surface area contributed by atoms with E-state index >= 15 is 0 Å². The van der Waals surface area contributed by atoms with E-state index in [1.165, 1.54) is 0 Å². The van der Waals surface area contributed by atoms with Crippen LogP contribution in [0, 0.1) is 0 Å². The van der Waals surface area contributed by atoms with Crippen LogP contribution < -0.4 is 4.74 Å². The van der Waals surface area contributed by atoms with Crippen LogP contribution in [0.5, 0.6) is 5.75 Å². The Morgan fingerprint density at radius 3 is 3.09 bits per heavy atom. The number of carbonyl (C=O) groups excluding carboxylic acids is 1. The number of imidazole rings is 1. The smallest absolute Gasteiger partial charge is 0.253 e. The number of para-hydroxylation sites is 1. The van der Waals surface area contributed by atoms with E-state index in [4.69, 9.17) is 4.74 Å². The second kappa shape index (κ2) is 5.91. The first-order valence-electron chi connectivity index (χ1n) is 8.00. The maximum atomic E-state index is 12.8. The Morgan fingerprint density at radius 1 is 1.30 bits per heavy atom. The Balaban J connectivity index is 1.52. The summed E-state index contributed by atoms with van der Waals surface area (Å²) in [6, 6.07) is 8.13. The van der Waals surface area contributed by atoms with Crippen molar-refractivity contribution in [1.29, 1.82) is 0 Å². The van der Waals surface area contributed by atoms with Crippen molar-refractivity contribution in [3.05, 3.63) is 54.1 Å². The van der Waals surface area contributed by atoms with Crippen molar-refractivity contribution in [2.24, 2.45) is 0 Å². The molecule has 0 spiro atoms. The molecule has 3 heterocycles. The molecule has 0 bridgehead atoms. The lowest BCUT2D eigenvalue weighted by Gasteiger charge is -2.34. The number of aromatic nitrogens is 2. The molecule has 0 saturated carbocycles. The lowest BCUT2D eigenvalue weighted by molar-refractivity contribution is -0.129. The summed E-state index contributed by atoms with van der Waals surface area (Å²) in [5.74, 6) is 0.934. The van der Waals surface area contributed by atoms with Crippen molar-refractivity contribution >= 4 is 12.0 Å². The van der Waals surface area contributed by atoms with E-state index in [1.807, 2.05) is 47.8 Å². The predicted molar refractivity (Wildman–Crippen MR) is 87.0 cm³/mol. The number of ether oxygens (including phenoxy) is 1. The third-order valence-electron chi connectivity index (χ3n) is 4.54. The zero-order chi connectivity index (χ0) is 15.6. The van der Waals surface area contributed by atoms with Gasteiger partial charge in [0, 0.05) is 31.0 Å². The van der Waals surface area contributed by atoms with E-state index in [-0.39, 0.29) is 5.91 Å². The van der Waals surface area contributed by atoms with Gasteiger partial charge < -0.3 is 14.2 Å². The van der Waals surface area contributed by atoms with Crippen molar-refractivity contribution in [2.45, 2.75) is 18.9 Å². The lowest BCUT2D eigenvalue weighted by Crippen LogP contribution is -2.42. The average molecular weight is 309 g/mol. The molecular formula is C18H19N3O2. The van der Waals surface area contributed by atoms with Crippen molar-refractivity contribution in [2.75, 3.05) is 19.7 Å². The molecule has 4 rings (SSSR count). The van der Waals surface area contributed by atoms with E-state index in [0.717, 1.165) is 42.8 Å². The predicted octanol–water partition coefficient (Wildman–Crippen LogP) is 2.52. The molecule has 1 aromatic carbocycles. The van der Waals surface area contributed by atoms with Crippen LogP contribution in [0.4, 0.5) is 0 Å². The molecular weight excluding hydrogens is 290 g/mol. The van der Waals surface area contributed by atoms with Gasteiger partial charge in [-0.2, -0.15) is 0 Å². The number of fused-ring (bicyclic) bond motifs is 1. The molecule has 1 saturated heterocycles. The third-order valence-corrected chi connectivity index (χ3v) is 4.54. The number of likely N-dealkylation sites (tertiary alicyclic amines) is 1. The number of benzene rings is 1. The number of nitrogens with zero attached hydrogens (tertiary/aromatic N) is 3. The van der Waals surface area contributed by atoms with Gasteiger partial charge in [-0.15, -0.1) is 0 Å². The summed E-state index contributed by atoms with van der Waals surface area (Å²) in [6.07, 6.45) is 9.64. The van der Waals surface area contributed by atoms with Crippen LogP contribution in [0.2, 0.25) is 0 Å². The molecule has 2 aliphatic rings. The first-order chi connectivity index (χ1) is 11.3. The Bertz CT molecular complexity index is 736. The van der Waals surface area contributed by atoms with Crippen molar-refractivity contribution in [1.82, 2.24) is 14.5 Å². The molecule has 1 atom stereocenters. The van der Waals surface area contributed by atoms with Crippen molar-refractivity contribution in [3.63, 3.8) is 0 Å². The number of piperidine rings is 1. The van der Waals surface area contributed by atoms with Gasteiger partial charge in [-0.05, 0) is 25.0 Å². The van der Waals surface area contributed by atoms with Gasteiger partial charge in [0.1, 0.15) is 12.4 Å². The SMILES string of the molecule is O=C(C1=Cc2ccccc2OC1)N1CCC[C@@H](n2ccnc2)C1. The van der Waals surface area contributed by atoms with Crippen LogP contribution in [0.15, 0.2) is 48.6 Å². The molecule has 1 fully saturated rings. The fourth-order valence-corrected chi connectivity index (χ4v) is 3.31. The van der Waals surface area contributed by atoms with Crippen LogP contribution in [0.25, 0.3) is 6.08 Å². The summed E-state index contributed by atoms with van der Waals surface area (Å²) in [4.78, 5) is 18.9. The maximum Gasteiger partial charge on any atom is 0.253 e. The molecule has 1 aromatic heterocycles. The quantitative estimate of drug-likeness (QED) is 0.856. The highest BCUT2D eigenvalue weighted by Gasteiger charge is 2.27. The Morgan fingerprint density at radius 2 is 2.22 bits per heavy atom. The van der Waals surface area contributed by atoms with Crippen LogP contribution in [0.1, 0.15) is 24.4 Å². The van der Waals surface area contributed by atoms with Gasteiger partial charge >= 0.3 is 0 Å². The molecule has 1 amide bonds. The molecule has 0 radical (unpaired) electrons. The fourth-order valence-electron chi connectivity index (χ4n) is 3.31. The van der Waals surface area contributed by atoms with Gasteiger partial charge in [0.05, 0.1) is 17.9 Å². The molecule has 5 heteroatoms. The van der Waals surface area contributed by atoms with Crippen LogP contribution in [0.3, 0.4) is 0 Å². The molecule has 0 unspecified atom stereocenters. The normalized spacial score (nSPS) is 20.4. The van der Waals surface area contributed by atoms with Gasteiger partial charge in [-0.25, -0.2) is 4.98 Å². The number of hydrogen-bond acceptors (Lipinski definition) is 3. The molecule has 118 valence electrons. The van der Waals surface area contributed by atoms with Crippen LogP contribution in [-0.4, -0.2) is 40.1 Å². The largest absolute Gasteiger partial charge is 0.488 e. The van der Waals surface area contributed by atoms with Crippen LogP contribution in [-0.2, 0) is 4.79 Å². The minimum Gasteiger partial charge on any atom is -0.488 e. The highest BCUT2D eigenvalue weighted by molar-refractivity contribution is 5.99. The van der Waals surface area contributed by atoms with Crippen LogP contribution >= 0.6 is 0 Å². The summed E-state index contributed by atoms with van der Waals surface area (Å²) >= 11 is 0. The molecule has 2 aliphatic heterocycles. The zero-order valence-corrected chi connectivity index (χ0v) is 12.9. The number of rotatable bonds is 2. The van der Waals surface area contributed by atoms with Crippen molar-refractivity contribution in [3.8, 4) is 5.75 Å². The Hall–Kier alpha value is -2.56. The maximum absolute atomic E-state index is 12.8. The Labute approximate surface area is 135 Å². The van der Waals surface area contributed by atoms with E-state index < -0.39 is 0 Å². The van der Waals surface area contributed by atoms with E-state index in [1.54, 1.807) is 6.20 Å². The van der Waals surface area contributed by atoms with Gasteiger partial charge in [0.2, 0.25) is 0 Å². The second-order valence-corrected chi connectivity index (χ2v) is 6.05. The number of carbonyl (C=O) groups is 1. The van der Waals surface area contributed by atoms with E-state index in [0.29, 0.717) is 12.6 Å². The summed E-state index contributed by atoms with van der Waals surface area (Å²) in [5, 5.41) is 0. The number of hydrogen-bond donors (Lipinski definition) is 0. The molecule has 5 nitrogen and oxygen atoms in total. The minimum atomic E-state index is 0.0873. The van der Waals surface area contributed by atoms with Gasteiger partial charge in [0.15, 0.2) is 0 Å². The van der Waals surface area contributed by atoms with E-state index in [2.05, 4.69) is 9.55 Å². The molecule has 23 heavy (non-hydrogen) atoms. The van der Waals surface area contributed by atoms with Gasteiger partial charge in [-0.1, -0.05) is 18.2 Å².